The first-order valence-corrected chi connectivity index (χ1v) is 9.74. The molecule has 1 atom stereocenters. The van der Waals surface area contributed by atoms with Gasteiger partial charge in [-0.15, -0.1) is 0 Å². The van der Waals surface area contributed by atoms with Crippen molar-refractivity contribution in [3.63, 3.8) is 0 Å². The molecular weight excluding hydrogens is 362 g/mol. The molecule has 2 rings (SSSR count). The van der Waals surface area contributed by atoms with E-state index in [9.17, 15) is 14.4 Å². The van der Waals surface area contributed by atoms with Crippen LogP contribution in [-0.4, -0.2) is 61.6 Å². The number of anilines is 1. The first kappa shape index (κ1) is 21.5. The van der Waals surface area contributed by atoms with Gasteiger partial charge < -0.3 is 25.0 Å². The summed E-state index contributed by atoms with van der Waals surface area (Å²) in [6.45, 7) is 5.59. The average Bonchev–Trinajstić information content (AvgIpc) is 2.69. The molecule has 1 aliphatic rings. The molecule has 0 spiro atoms. The number of amides is 2. The second-order valence-electron chi connectivity index (χ2n) is 6.48. The number of rotatable bonds is 10. The molecule has 1 heterocycles. The molecule has 0 saturated carbocycles. The van der Waals surface area contributed by atoms with E-state index < -0.39 is 12.0 Å². The van der Waals surface area contributed by atoms with Crippen molar-refractivity contribution in [3.8, 4) is 5.75 Å². The molecule has 1 aromatic rings. The van der Waals surface area contributed by atoms with Gasteiger partial charge in [-0.3, -0.25) is 14.4 Å². The number of hydrogen-bond donors (Lipinski definition) is 2. The molecule has 2 amide bonds. The second kappa shape index (κ2) is 11.2. The summed E-state index contributed by atoms with van der Waals surface area (Å²) in [7, 11) is 0. The molecule has 1 aliphatic heterocycles. The number of carbonyl (C=O) groups is 3. The van der Waals surface area contributed by atoms with Gasteiger partial charge in [0.25, 0.3) is 0 Å². The van der Waals surface area contributed by atoms with Gasteiger partial charge >= 0.3 is 5.97 Å². The van der Waals surface area contributed by atoms with Crippen molar-refractivity contribution in [3.05, 3.63) is 24.3 Å². The molecule has 8 heteroatoms. The fraction of sp³-hybridized carbons (Fsp3) is 0.550. The molecule has 28 heavy (non-hydrogen) atoms. The van der Waals surface area contributed by atoms with E-state index >= 15 is 0 Å². The van der Waals surface area contributed by atoms with E-state index in [4.69, 9.17) is 9.47 Å². The van der Waals surface area contributed by atoms with Crippen molar-refractivity contribution in [2.45, 2.75) is 39.2 Å². The van der Waals surface area contributed by atoms with Crippen molar-refractivity contribution in [1.82, 2.24) is 10.2 Å². The van der Waals surface area contributed by atoms with Crippen molar-refractivity contribution in [2.75, 3.05) is 38.2 Å². The quantitative estimate of drug-likeness (QED) is 0.464. The predicted octanol–water partition coefficient (Wildman–Crippen LogP) is 1.56. The van der Waals surface area contributed by atoms with Crippen molar-refractivity contribution < 1.29 is 23.9 Å². The highest BCUT2D eigenvalue weighted by atomic mass is 16.5. The standard InChI is InChI=1S/C20H29N3O5/c1-3-5-12-28-19(25)13-17-20(26)21-10-11-23(17)18(24)14-22-15-6-8-16(9-7-15)27-4-2/h6-9,17,22H,3-5,10-14H2,1-2H3,(H,21,26). The van der Waals surface area contributed by atoms with Crippen LogP contribution in [0.5, 0.6) is 5.75 Å². The Morgan fingerprint density at radius 3 is 2.68 bits per heavy atom. The van der Waals surface area contributed by atoms with Crippen LogP contribution in [0.4, 0.5) is 5.69 Å². The van der Waals surface area contributed by atoms with Gasteiger partial charge in [-0.2, -0.15) is 0 Å². The maximum atomic E-state index is 12.6. The third-order valence-electron chi connectivity index (χ3n) is 4.38. The molecule has 0 radical (unpaired) electrons. The minimum Gasteiger partial charge on any atom is -0.494 e. The van der Waals surface area contributed by atoms with E-state index in [2.05, 4.69) is 10.6 Å². The summed E-state index contributed by atoms with van der Waals surface area (Å²) in [5, 5.41) is 5.75. The van der Waals surface area contributed by atoms with Gasteiger partial charge in [0, 0.05) is 18.8 Å². The molecule has 1 aromatic carbocycles. The van der Waals surface area contributed by atoms with Crippen LogP contribution in [0.1, 0.15) is 33.1 Å². The van der Waals surface area contributed by atoms with Gasteiger partial charge in [-0.25, -0.2) is 0 Å². The minimum absolute atomic E-state index is 0.0304. The van der Waals surface area contributed by atoms with Crippen LogP contribution in [0.25, 0.3) is 0 Å². The van der Waals surface area contributed by atoms with E-state index in [-0.39, 0.29) is 24.8 Å². The Bertz CT molecular complexity index is 662. The number of nitrogens with one attached hydrogen (secondary N) is 2. The lowest BCUT2D eigenvalue weighted by molar-refractivity contribution is -0.151. The third kappa shape index (κ3) is 6.44. The number of piperazine rings is 1. The van der Waals surface area contributed by atoms with Gasteiger partial charge in [-0.05, 0) is 37.6 Å². The van der Waals surface area contributed by atoms with Crippen LogP contribution in [0.15, 0.2) is 24.3 Å². The lowest BCUT2D eigenvalue weighted by Crippen LogP contribution is -2.58. The number of nitrogens with zero attached hydrogens (tertiary/aromatic N) is 1. The molecule has 1 unspecified atom stereocenters. The van der Waals surface area contributed by atoms with E-state index in [1.807, 2.05) is 38.1 Å². The molecule has 154 valence electrons. The van der Waals surface area contributed by atoms with Crippen molar-refractivity contribution in [2.24, 2.45) is 0 Å². The van der Waals surface area contributed by atoms with Crippen LogP contribution in [0.2, 0.25) is 0 Å². The fourth-order valence-electron chi connectivity index (χ4n) is 2.88. The number of benzene rings is 1. The Labute approximate surface area is 165 Å². The molecule has 8 nitrogen and oxygen atoms in total. The summed E-state index contributed by atoms with van der Waals surface area (Å²) in [5.74, 6) is -0.273. The maximum Gasteiger partial charge on any atom is 0.308 e. The first-order valence-electron chi connectivity index (χ1n) is 9.74. The number of carbonyl (C=O) groups excluding carboxylic acids is 3. The second-order valence-corrected chi connectivity index (χ2v) is 6.48. The highest BCUT2D eigenvalue weighted by Gasteiger charge is 2.34. The summed E-state index contributed by atoms with van der Waals surface area (Å²) in [6.07, 6.45) is 1.56. The van der Waals surface area contributed by atoms with E-state index in [0.717, 1.165) is 24.3 Å². The monoisotopic (exact) mass is 391 g/mol. The van der Waals surface area contributed by atoms with Gasteiger partial charge in [-0.1, -0.05) is 13.3 Å². The van der Waals surface area contributed by atoms with Crippen LogP contribution in [0.3, 0.4) is 0 Å². The van der Waals surface area contributed by atoms with Gasteiger partial charge in [0.1, 0.15) is 11.8 Å². The normalized spacial score (nSPS) is 16.3. The third-order valence-corrected chi connectivity index (χ3v) is 4.38. The number of hydrogen-bond acceptors (Lipinski definition) is 6. The lowest BCUT2D eigenvalue weighted by Gasteiger charge is -2.34. The fourth-order valence-corrected chi connectivity index (χ4v) is 2.88. The highest BCUT2D eigenvalue weighted by molar-refractivity contribution is 5.93. The summed E-state index contributed by atoms with van der Waals surface area (Å²) in [6, 6.07) is 6.45. The zero-order valence-corrected chi connectivity index (χ0v) is 16.5. The van der Waals surface area contributed by atoms with Crippen molar-refractivity contribution >= 4 is 23.5 Å². The van der Waals surface area contributed by atoms with E-state index in [1.54, 1.807) is 0 Å². The van der Waals surface area contributed by atoms with Crippen LogP contribution >= 0.6 is 0 Å². The van der Waals surface area contributed by atoms with Gasteiger partial charge in [0.2, 0.25) is 11.8 Å². The molecule has 1 fully saturated rings. The summed E-state index contributed by atoms with van der Waals surface area (Å²) in [4.78, 5) is 38.3. The molecule has 0 aliphatic carbocycles. The molecule has 1 saturated heterocycles. The number of esters is 1. The largest absolute Gasteiger partial charge is 0.494 e. The maximum absolute atomic E-state index is 12.6. The molecule has 0 bridgehead atoms. The zero-order valence-electron chi connectivity index (χ0n) is 16.5. The SMILES string of the molecule is CCCCOC(=O)CC1C(=O)NCCN1C(=O)CNc1ccc(OCC)cc1. The topological polar surface area (TPSA) is 97.0 Å². The van der Waals surface area contributed by atoms with Crippen LogP contribution < -0.4 is 15.4 Å². The van der Waals surface area contributed by atoms with Crippen LogP contribution in [-0.2, 0) is 19.1 Å². The Kier molecular flexibility index (Phi) is 8.58. The summed E-state index contributed by atoms with van der Waals surface area (Å²) >= 11 is 0. The molecular formula is C20H29N3O5. The van der Waals surface area contributed by atoms with Gasteiger partial charge in [0.05, 0.1) is 26.2 Å². The van der Waals surface area contributed by atoms with Crippen molar-refractivity contribution in [1.29, 1.82) is 0 Å². The zero-order chi connectivity index (χ0) is 20.4. The average molecular weight is 391 g/mol. The summed E-state index contributed by atoms with van der Waals surface area (Å²) in [5.41, 5.74) is 0.772. The lowest BCUT2D eigenvalue weighted by atomic mass is 10.1. The molecule has 0 aromatic heterocycles. The first-order chi connectivity index (χ1) is 13.5. The Balaban J connectivity index is 1.90. The summed E-state index contributed by atoms with van der Waals surface area (Å²) < 4.78 is 10.5. The predicted molar refractivity (Wildman–Crippen MR) is 105 cm³/mol. The Hall–Kier alpha value is -2.77. The number of ether oxygens (including phenoxy) is 2. The van der Waals surface area contributed by atoms with Gasteiger partial charge in [0.15, 0.2) is 0 Å². The Morgan fingerprint density at radius 1 is 1.25 bits per heavy atom. The molecule has 2 N–H and O–H groups in total. The minimum atomic E-state index is -0.836. The van der Waals surface area contributed by atoms with E-state index in [1.165, 1.54) is 4.90 Å². The number of unbranched alkanes of at least 4 members (excludes halogenated alkanes) is 1. The smallest absolute Gasteiger partial charge is 0.308 e. The van der Waals surface area contributed by atoms with E-state index in [0.29, 0.717) is 26.3 Å². The Morgan fingerprint density at radius 2 is 2.00 bits per heavy atom. The van der Waals surface area contributed by atoms with Crippen LogP contribution in [0, 0.1) is 0 Å². The highest BCUT2D eigenvalue weighted by Crippen LogP contribution is 2.16.